The van der Waals surface area contributed by atoms with E-state index in [0.717, 1.165) is 54.1 Å². The molecule has 5 heteroatoms. The van der Waals surface area contributed by atoms with Gasteiger partial charge in [0.1, 0.15) is 0 Å². The van der Waals surface area contributed by atoms with Gasteiger partial charge in [-0.15, -0.1) is 0 Å². The minimum atomic E-state index is -0.551. The van der Waals surface area contributed by atoms with Gasteiger partial charge in [-0.05, 0) is 43.0 Å². The minimum absolute atomic E-state index is 0.0531. The average Bonchev–Trinajstić information content (AvgIpc) is 2.78. The second kappa shape index (κ2) is 8.66. The summed E-state index contributed by atoms with van der Waals surface area (Å²) in [6.07, 6.45) is 6.53. The summed E-state index contributed by atoms with van der Waals surface area (Å²) in [6.45, 7) is 1.99. The number of hydrogen-bond donors (Lipinski definition) is 2. The van der Waals surface area contributed by atoms with Crippen LogP contribution in [0.2, 0.25) is 0 Å². The molecule has 1 aliphatic rings. The van der Waals surface area contributed by atoms with Gasteiger partial charge in [0.05, 0.1) is 23.2 Å². The van der Waals surface area contributed by atoms with Crippen molar-refractivity contribution in [3.63, 3.8) is 0 Å². The molecule has 1 aliphatic carbocycles. The van der Waals surface area contributed by atoms with Crippen molar-refractivity contribution in [3.05, 3.63) is 71.9 Å². The van der Waals surface area contributed by atoms with Crippen molar-refractivity contribution in [2.45, 2.75) is 44.4 Å². The lowest BCUT2D eigenvalue weighted by Crippen LogP contribution is -2.48. The molecule has 0 bridgehead atoms. The molecule has 2 N–H and O–H groups in total. The topological polar surface area (TPSA) is 71.1 Å². The second-order valence-corrected chi connectivity index (χ2v) is 8.07. The van der Waals surface area contributed by atoms with Gasteiger partial charge in [-0.3, -0.25) is 14.6 Å². The van der Waals surface area contributed by atoms with Crippen LogP contribution in [0.25, 0.3) is 10.9 Å². The number of nitrogens with one attached hydrogen (secondary N) is 2. The zero-order chi connectivity index (χ0) is 21.0. The van der Waals surface area contributed by atoms with Gasteiger partial charge in [-0.2, -0.15) is 0 Å². The predicted octanol–water partition coefficient (Wildman–Crippen LogP) is 4.50. The first kappa shape index (κ1) is 20.1. The molecule has 0 radical (unpaired) electrons. The van der Waals surface area contributed by atoms with Crippen LogP contribution in [0.5, 0.6) is 0 Å². The number of aromatic nitrogens is 1. The summed E-state index contributed by atoms with van der Waals surface area (Å²) in [5, 5.41) is 6.76. The zero-order valence-electron chi connectivity index (χ0n) is 17.3. The van der Waals surface area contributed by atoms with Crippen molar-refractivity contribution in [1.29, 1.82) is 0 Å². The van der Waals surface area contributed by atoms with Gasteiger partial charge in [-0.1, -0.05) is 61.7 Å². The maximum atomic E-state index is 13.3. The van der Waals surface area contributed by atoms with Gasteiger partial charge >= 0.3 is 0 Å². The predicted molar refractivity (Wildman–Crippen MR) is 119 cm³/mol. The smallest absolute Gasteiger partial charge is 0.243 e. The van der Waals surface area contributed by atoms with Crippen LogP contribution in [0.1, 0.15) is 43.2 Å². The first-order chi connectivity index (χ1) is 14.6. The third kappa shape index (κ3) is 3.92. The Hall–Kier alpha value is -3.21. The van der Waals surface area contributed by atoms with Crippen molar-refractivity contribution >= 4 is 28.4 Å². The van der Waals surface area contributed by atoms with Crippen LogP contribution in [0.3, 0.4) is 0 Å². The Bertz CT molecular complexity index is 1070. The highest BCUT2D eigenvalue weighted by Crippen LogP contribution is 2.41. The minimum Gasteiger partial charge on any atom is -0.346 e. The summed E-state index contributed by atoms with van der Waals surface area (Å²) in [7, 11) is 0. The normalized spacial score (nSPS) is 15.5. The molecule has 30 heavy (non-hydrogen) atoms. The monoisotopic (exact) mass is 401 g/mol. The number of anilines is 1. The van der Waals surface area contributed by atoms with E-state index in [1.807, 2.05) is 42.5 Å². The molecule has 3 aromatic rings. The lowest BCUT2D eigenvalue weighted by Gasteiger charge is -2.37. The Morgan fingerprint density at radius 2 is 1.73 bits per heavy atom. The molecular weight excluding hydrogens is 374 g/mol. The zero-order valence-corrected chi connectivity index (χ0v) is 17.3. The van der Waals surface area contributed by atoms with Crippen molar-refractivity contribution in [2.24, 2.45) is 0 Å². The molecule has 2 amide bonds. The molecule has 0 aliphatic heterocycles. The van der Waals surface area contributed by atoms with Gasteiger partial charge in [0.15, 0.2) is 0 Å². The van der Waals surface area contributed by atoms with Crippen LogP contribution in [0.4, 0.5) is 5.69 Å². The number of nitrogens with zero attached hydrogens (tertiary/aromatic N) is 1. The first-order valence-electron chi connectivity index (χ1n) is 10.6. The molecule has 1 fully saturated rings. The number of para-hydroxylation sites is 1. The molecule has 154 valence electrons. The van der Waals surface area contributed by atoms with Crippen LogP contribution in [0, 0.1) is 6.92 Å². The Kier molecular flexibility index (Phi) is 5.79. The molecule has 0 saturated heterocycles. The van der Waals surface area contributed by atoms with E-state index in [1.54, 1.807) is 6.20 Å². The van der Waals surface area contributed by atoms with Crippen LogP contribution < -0.4 is 10.6 Å². The van der Waals surface area contributed by atoms with Crippen LogP contribution in [-0.2, 0) is 15.0 Å². The maximum Gasteiger partial charge on any atom is 0.243 e. The summed E-state index contributed by atoms with van der Waals surface area (Å²) in [6, 6.07) is 17.6. The number of amides is 2. The number of pyridine rings is 1. The molecular formula is C25H27N3O2. The van der Waals surface area contributed by atoms with Gasteiger partial charge in [0.2, 0.25) is 11.8 Å². The fraction of sp³-hybridized carbons (Fsp3) is 0.320. The quantitative estimate of drug-likeness (QED) is 0.661. The number of carbonyl (C=O) groups excluding carboxylic acids is 2. The molecule has 0 unspecified atom stereocenters. The summed E-state index contributed by atoms with van der Waals surface area (Å²) >= 11 is 0. The Labute approximate surface area is 176 Å². The van der Waals surface area contributed by atoms with Crippen molar-refractivity contribution < 1.29 is 9.59 Å². The van der Waals surface area contributed by atoms with Crippen LogP contribution in [-0.4, -0.2) is 23.3 Å². The molecule has 0 atom stereocenters. The van der Waals surface area contributed by atoms with Gasteiger partial charge in [0.25, 0.3) is 0 Å². The standard InChI is InChI=1S/C25H27N3O2/c1-18-9-3-4-12-20(18)25(14-5-2-6-15-25)24(30)27-17-22(29)28-21-13-7-10-19-11-8-16-26-23(19)21/h3-4,7-13,16H,2,5-6,14-15,17H2,1H3,(H,27,30)(H,28,29). The fourth-order valence-electron chi connectivity index (χ4n) is 4.61. The molecule has 1 heterocycles. The van der Waals surface area contributed by atoms with Gasteiger partial charge in [-0.25, -0.2) is 0 Å². The van der Waals surface area contributed by atoms with Gasteiger partial charge in [0, 0.05) is 11.6 Å². The fourth-order valence-corrected chi connectivity index (χ4v) is 4.61. The maximum absolute atomic E-state index is 13.3. The Balaban J connectivity index is 1.48. The van der Waals surface area contributed by atoms with Gasteiger partial charge < -0.3 is 10.6 Å². The van der Waals surface area contributed by atoms with E-state index in [0.29, 0.717) is 5.69 Å². The Morgan fingerprint density at radius 1 is 0.967 bits per heavy atom. The second-order valence-electron chi connectivity index (χ2n) is 8.07. The number of fused-ring (bicyclic) bond motifs is 1. The lowest BCUT2D eigenvalue weighted by atomic mass is 9.67. The lowest BCUT2D eigenvalue weighted by molar-refractivity contribution is -0.129. The summed E-state index contributed by atoms with van der Waals surface area (Å²) < 4.78 is 0. The van der Waals surface area contributed by atoms with Crippen molar-refractivity contribution in [3.8, 4) is 0 Å². The number of rotatable bonds is 5. The summed E-state index contributed by atoms with van der Waals surface area (Å²) in [4.78, 5) is 30.3. The molecule has 5 nitrogen and oxygen atoms in total. The highest BCUT2D eigenvalue weighted by Gasteiger charge is 2.41. The van der Waals surface area contributed by atoms with E-state index in [4.69, 9.17) is 0 Å². The molecule has 0 spiro atoms. The SMILES string of the molecule is Cc1ccccc1C1(C(=O)NCC(=O)Nc2cccc3cccnc23)CCCCC1. The number of carbonyl (C=O) groups is 2. The number of aryl methyl sites for hydroxylation is 1. The molecule has 1 aromatic heterocycles. The van der Waals surface area contributed by atoms with Crippen molar-refractivity contribution in [1.82, 2.24) is 10.3 Å². The summed E-state index contributed by atoms with van der Waals surface area (Å²) in [5.74, 6) is -0.306. The molecule has 1 saturated carbocycles. The van der Waals surface area contributed by atoms with Crippen LogP contribution >= 0.6 is 0 Å². The molecule has 2 aromatic carbocycles. The highest BCUT2D eigenvalue weighted by atomic mass is 16.2. The Morgan fingerprint density at radius 3 is 2.53 bits per heavy atom. The highest BCUT2D eigenvalue weighted by molar-refractivity contribution is 6.02. The van der Waals surface area contributed by atoms with E-state index >= 15 is 0 Å². The number of hydrogen-bond acceptors (Lipinski definition) is 3. The van der Waals surface area contributed by atoms with E-state index < -0.39 is 5.41 Å². The van der Waals surface area contributed by atoms with E-state index in [9.17, 15) is 9.59 Å². The number of benzene rings is 2. The van der Waals surface area contributed by atoms with Crippen molar-refractivity contribution in [2.75, 3.05) is 11.9 Å². The largest absolute Gasteiger partial charge is 0.346 e. The summed E-state index contributed by atoms with van der Waals surface area (Å²) in [5.41, 5.74) is 3.05. The third-order valence-electron chi connectivity index (χ3n) is 6.12. The first-order valence-corrected chi connectivity index (χ1v) is 10.6. The molecule has 4 rings (SSSR count). The van der Waals surface area contributed by atoms with Crippen LogP contribution in [0.15, 0.2) is 60.8 Å². The average molecular weight is 402 g/mol. The van der Waals surface area contributed by atoms with E-state index in [-0.39, 0.29) is 18.4 Å². The third-order valence-corrected chi connectivity index (χ3v) is 6.12. The van der Waals surface area contributed by atoms with E-state index in [2.05, 4.69) is 34.7 Å². The van der Waals surface area contributed by atoms with E-state index in [1.165, 1.54) is 0 Å².